The van der Waals surface area contributed by atoms with Crippen LogP contribution < -0.4 is 5.11 Å². The summed E-state index contributed by atoms with van der Waals surface area (Å²) >= 11 is 0. The fraction of sp³-hybridized carbons (Fsp3) is 0.800. The Labute approximate surface area is 80.6 Å². The van der Waals surface area contributed by atoms with Gasteiger partial charge in [0.1, 0.15) is 5.97 Å². The van der Waals surface area contributed by atoms with Crippen LogP contribution >= 0.6 is 0 Å². The largest absolute Gasteiger partial charge is 0.544 e. The lowest BCUT2D eigenvalue weighted by atomic mass is 9.96. The Balaban J connectivity index is 5.91. The zero-order valence-electron chi connectivity index (χ0n) is 6.72. The van der Waals surface area contributed by atoms with Crippen LogP contribution in [0.4, 0.5) is 39.5 Å². The Kier molecular flexibility index (Phi) is 3.17. The average molecular weight is 263 g/mol. The molecule has 0 saturated carbocycles. The second-order valence-corrected chi connectivity index (χ2v) is 2.52. The molecule has 0 spiro atoms. The van der Waals surface area contributed by atoms with Crippen LogP contribution in [0.3, 0.4) is 0 Å². The normalized spacial score (nSPS) is 15.1. The van der Waals surface area contributed by atoms with Gasteiger partial charge in [0, 0.05) is 0 Å². The molecule has 0 unspecified atom stereocenters. The van der Waals surface area contributed by atoms with E-state index in [1.165, 1.54) is 0 Å². The second-order valence-electron chi connectivity index (χ2n) is 2.52. The van der Waals surface area contributed by atoms with Crippen molar-refractivity contribution in [2.75, 3.05) is 0 Å². The van der Waals surface area contributed by atoms with Gasteiger partial charge < -0.3 is 9.90 Å². The van der Waals surface area contributed by atoms with E-state index in [0.717, 1.165) is 0 Å². The quantitative estimate of drug-likeness (QED) is 0.702. The molecule has 0 fully saturated rings. The molecular formula is C5F9O2-. The van der Waals surface area contributed by atoms with Crippen molar-refractivity contribution in [2.24, 2.45) is 0 Å². The summed E-state index contributed by atoms with van der Waals surface area (Å²) in [5.74, 6) is -10.9. The van der Waals surface area contributed by atoms with Crippen molar-refractivity contribution >= 4 is 5.97 Å². The van der Waals surface area contributed by atoms with Crippen LogP contribution in [0.25, 0.3) is 0 Å². The maximum absolute atomic E-state index is 12.4. The fourth-order valence-electron chi connectivity index (χ4n) is 0.657. The van der Waals surface area contributed by atoms with Crippen molar-refractivity contribution in [1.82, 2.24) is 0 Å². The van der Waals surface area contributed by atoms with E-state index in [4.69, 9.17) is 0 Å². The van der Waals surface area contributed by atoms with E-state index in [-0.39, 0.29) is 0 Å². The van der Waals surface area contributed by atoms with E-state index in [9.17, 15) is 49.4 Å². The van der Waals surface area contributed by atoms with Crippen molar-refractivity contribution in [1.29, 1.82) is 0 Å². The molecule has 0 aliphatic rings. The van der Waals surface area contributed by atoms with Crippen molar-refractivity contribution < 1.29 is 49.4 Å². The minimum Gasteiger partial charge on any atom is -0.544 e. The molecule has 0 aliphatic carbocycles. The fourth-order valence-corrected chi connectivity index (χ4v) is 0.657. The molecule has 0 saturated heterocycles. The first-order chi connectivity index (χ1) is 6.69. The average Bonchev–Trinajstić information content (AvgIpc) is 1.97. The highest BCUT2D eigenvalue weighted by atomic mass is 19.4. The predicted molar refractivity (Wildman–Crippen MR) is 25.9 cm³/mol. The summed E-state index contributed by atoms with van der Waals surface area (Å²) < 4.78 is 106. The molecule has 0 atom stereocenters. The third kappa shape index (κ3) is 1.78. The maximum atomic E-state index is 12.4. The zero-order valence-corrected chi connectivity index (χ0v) is 6.72. The predicted octanol–water partition coefficient (Wildman–Crippen LogP) is 1.20. The Morgan fingerprint density at radius 1 is 0.750 bits per heavy atom. The van der Waals surface area contributed by atoms with E-state index < -0.39 is 29.9 Å². The molecule has 16 heavy (non-hydrogen) atoms. The van der Waals surface area contributed by atoms with Crippen molar-refractivity contribution in [3.05, 3.63) is 0 Å². The van der Waals surface area contributed by atoms with Crippen molar-refractivity contribution in [3.63, 3.8) is 0 Å². The second kappa shape index (κ2) is 3.42. The molecule has 0 heterocycles. The SMILES string of the molecule is O=C([O-])C(F)(F)C(F)(C(F)(F)F)C(F)(F)F. The summed E-state index contributed by atoms with van der Waals surface area (Å²) in [5, 5.41) is 9.46. The maximum Gasteiger partial charge on any atom is 0.438 e. The van der Waals surface area contributed by atoms with Crippen LogP contribution in [-0.2, 0) is 4.79 Å². The Morgan fingerprint density at radius 3 is 1.06 bits per heavy atom. The van der Waals surface area contributed by atoms with Crippen LogP contribution in [0.1, 0.15) is 0 Å². The van der Waals surface area contributed by atoms with E-state index in [1.54, 1.807) is 0 Å². The minimum absolute atomic E-state index is 4.12. The van der Waals surface area contributed by atoms with E-state index in [1.807, 2.05) is 0 Å². The number of hydrogen-bond acceptors (Lipinski definition) is 2. The molecule has 0 aliphatic heterocycles. The molecule has 2 nitrogen and oxygen atoms in total. The summed E-state index contributed by atoms with van der Waals surface area (Å²) in [6.45, 7) is 0. The Hall–Kier alpha value is -1.16. The standard InChI is InChI=1S/C5HF9O2/c6-2(7,1(15)16)3(8,4(9,10)11)5(12,13)14/h(H,15,16)/p-1. The van der Waals surface area contributed by atoms with Gasteiger partial charge in [-0.2, -0.15) is 35.1 Å². The number of carboxylic acids is 1. The van der Waals surface area contributed by atoms with Gasteiger partial charge in [-0.05, 0) is 0 Å². The molecule has 0 radical (unpaired) electrons. The number of carboxylic acid groups (broad SMARTS) is 1. The highest BCUT2D eigenvalue weighted by Crippen LogP contribution is 2.54. The monoisotopic (exact) mass is 263 g/mol. The van der Waals surface area contributed by atoms with E-state index >= 15 is 0 Å². The summed E-state index contributed by atoms with van der Waals surface area (Å²) in [7, 11) is 0. The molecule has 96 valence electrons. The number of aliphatic carboxylic acids is 1. The molecule has 0 N–H and O–H groups in total. The van der Waals surface area contributed by atoms with Gasteiger partial charge in [0.15, 0.2) is 0 Å². The highest BCUT2D eigenvalue weighted by Gasteiger charge is 2.84. The molecule has 0 amide bonds. The third-order valence-corrected chi connectivity index (χ3v) is 1.47. The van der Waals surface area contributed by atoms with Gasteiger partial charge in [-0.3, -0.25) is 0 Å². The van der Waals surface area contributed by atoms with Gasteiger partial charge >= 0.3 is 23.9 Å². The van der Waals surface area contributed by atoms with Crippen molar-refractivity contribution in [3.8, 4) is 0 Å². The Bertz CT molecular complexity index is 273. The number of alkyl halides is 9. The number of rotatable bonds is 2. The van der Waals surface area contributed by atoms with Gasteiger partial charge in [-0.25, -0.2) is 4.39 Å². The summed E-state index contributed by atoms with van der Waals surface area (Å²) in [6, 6.07) is 0. The molecule has 0 aromatic carbocycles. The molecule has 0 bridgehead atoms. The van der Waals surface area contributed by atoms with Crippen LogP contribution in [0.5, 0.6) is 0 Å². The number of carbonyl (C=O) groups excluding carboxylic acids is 1. The first-order valence-corrected chi connectivity index (χ1v) is 3.11. The molecular weight excluding hydrogens is 263 g/mol. The number of hydrogen-bond donors (Lipinski definition) is 0. The topological polar surface area (TPSA) is 40.1 Å². The number of halogens is 9. The highest BCUT2D eigenvalue weighted by molar-refractivity contribution is 5.75. The lowest BCUT2D eigenvalue weighted by Crippen LogP contribution is -2.69. The summed E-state index contributed by atoms with van der Waals surface area (Å²) in [4.78, 5) is 9.46. The van der Waals surface area contributed by atoms with Gasteiger partial charge in [0.2, 0.25) is 0 Å². The molecule has 11 heteroatoms. The van der Waals surface area contributed by atoms with Gasteiger partial charge in [0.25, 0.3) is 0 Å². The van der Waals surface area contributed by atoms with E-state index in [0.29, 0.717) is 0 Å². The Morgan fingerprint density at radius 2 is 1.00 bits per heavy atom. The van der Waals surface area contributed by atoms with Gasteiger partial charge in [-0.1, -0.05) is 0 Å². The third-order valence-electron chi connectivity index (χ3n) is 1.47. The summed E-state index contributed by atoms with van der Waals surface area (Å²) in [5.41, 5.74) is -7.20. The first kappa shape index (κ1) is 14.8. The molecule has 0 rings (SSSR count). The van der Waals surface area contributed by atoms with Gasteiger partial charge in [0.05, 0.1) is 0 Å². The lowest BCUT2D eigenvalue weighted by Gasteiger charge is -2.36. The van der Waals surface area contributed by atoms with E-state index in [2.05, 4.69) is 0 Å². The zero-order chi connectivity index (χ0) is 13.6. The van der Waals surface area contributed by atoms with Crippen LogP contribution in [0.15, 0.2) is 0 Å². The smallest absolute Gasteiger partial charge is 0.438 e. The number of carbonyl (C=O) groups is 1. The van der Waals surface area contributed by atoms with Crippen molar-refractivity contribution in [2.45, 2.75) is 23.9 Å². The molecule has 0 aromatic rings. The van der Waals surface area contributed by atoms with Crippen LogP contribution in [0.2, 0.25) is 0 Å². The lowest BCUT2D eigenvalue weighted by molar-refractivity contribution is -0.413. The van der Waals surface area contributed by atoms with Gasteiger partial charge in [-0.15, -0.1) is 0 Å². The minimum atomic E-state index is -7.20. The van der Waals surface area contributed by atoms with Crippen LogP contribution in [-0.4, -0.2) is 29.9 Å². The molecule has 0 aromatic heterocycles. The first-order valence-electron chi connectivity index (χ1n) is 3.11. The summed E-state index contributed by atoms with van der Waals surface area (Å²) in [6.07, 6.45) is -14.3. The van der Waals surface area contributed by atoms with Crippen LogP contribution in [0, 0.1) is 0 Å².